The maximum atomic E-state index is 6.84. The highest BCUT2D eigenvalue weighted by Gasteiger charge is 2.71. The monoisotopic (exact) mass is 260 g/mol. The molecule has 3 aliphatic carbocycles. The maximum absolute atomic E-state index is 6.84. The van der Waals surface area contributed by atoms with Crippen molar-refractivity contribution < 1.29 is 0 Å². The van der Waals surface area contributed by atoms with E-state index in [4.69, 9.17) is 23.2 Å². The molecule has 0 unspecified atom stereocenters. The van der Waals surface area contributed by atoms with Gasteiger partial charge in [-0.05, 0) is 32.1 Å². The van der Waals surface area contributed by atoms with Gasteiger partial charge in [-0.3, -0.25) is 0 Å². The molecule has 2 spiro atoms. The Morgan fingerprint density at radius 2 is 0.938 bits per heavy atom. The van der Waals surface area contributed by atoms with Gasteiger partial charge in [0.05, 0.1) is 0 Å². The van der Waals surface area contributed by atoms with Crippen LogP contribution < -0.4 is 0 Å². The molecule has 0 atom stereocenters. The predicted molar refractivity (Wildman–Crippen MR) is 70.1 cm³/mol. The fourth-order valence-electron chi connectivity index (χ4n) is 4.76. The molecular formula is C14H22Cl2. The molecule has 16 heavy (non-hydrogen) atoms. The Hall–Kier alpha value is 0.580. The van der Waals surface area contributed by atoms with Gasteiger partial charge in [-0.1, -0.05) is 38.5 Å². The molecule has 0 radical (unpaired) electrons. The van der Waals surface area contributed by atoms with Crippen LogP contribution in [0.25, 0.3) is 0 Å². The van der Waals surface area contributed by atoms with E-state index in [1.165, 1.54) is 70.6 Å². The second kappa shape index (κ2) is 3.79. The summed E-state index contributed by atoms with van der Waals surface area (Å²) in [7, 11) is 0. The van der Waals surface area contributed by atoms with Gasteiger partial charge in [0, 0.05) is 10.8 Å². The van der Waals surface area contributed by atoms with E-state index in [0.29, 0.717) is 10.8 Å². The van der Waals surface area contributed by atoms with Crippen molar-refractivity contribution in [1.82, 2.24) is 0 Å². The number of hydrogen-bond acceptors (Lipinski definition) is 0. The lowest BCUT2D eigenvalue weighted by Crippen LogP contribution is -2.65. The molecule has 3 rings (SSSR count). The van der Waals surface area contributed by atoms with Crippen LogP contribution in [0.15, 0.2) is 0 Å². The minimum atomic E-state index is -0.402. The highest BCUT2D eigenvalue weighted by molar-refractivity contribution is 6.50. The van der Waals surface area contributed by atoms with Crippen molar-refractivity contribution in [3.8, 4) is 0 Å². The highest BCUT2D eigenvalue weighted by Crippen LogP contribution is 2.76. The minimum absolute atomic E-state index is 0.297. The summed E-state index contributed by atoms with van der Waals surface area (Å²) in [6, 6.07) is 0. The van der Waals surface area contributed by atoms with Crippen LogP contribution in [0.5, 0.6) is 0 Å². The number of halogens is 2. The first-order valence-corrected chi connectivity index (χ1v) is 7.76. The first-order chi connectivity index (χ1) is 7.62. The molecule has 2 heteroatoms. The van der Waals surface area contributed by atoms with Gasteiger partial charge < -0.3 is 0 Å². The lowest BCUT2D eigenvalue weighted by Gasteiger charge is -2.68. The van der Waals surface area contributed by atoms with Crippen LogP contribution >= 0.6 is 23.2 Å². The SMILES string of the molecule is ClC1(Cl)C2(CCCCC2)CC12CCCCC2. The Morgan fingerprint density at radius 1 is 0.562 bits per heavy atom. The summed E-state index contributed by atoms with van der Waals surface area (Å²) in [6.45, 7) is 0. The molecule has 0 aromatic carbocycles. The van der Waals surface area contributed by atoms with E-state index in [1.54, 1.807) is 0 Å². The Labute approximate surface area is 109 Å². The average Bonchev–Trinajstić information content (AvgIpc) is 2.31. The van der Waals surface area contributed by atoms with E-state index in [9.17, 15) is 0 Å². The van der Waals surface area contributed by atoms with Crippen molar-refractivity contribution in [3.63, 3.8) is 0 Å². The van der Waals surface area contributed by atoms with E-state index >= 15 is 0 Å². The molecule has 0 bridgehead atoms. The molecule has 3 aliphatic rings. The van der Waals surface area contributed by atoms with Crippen LogP contribution in [0.4, 0.5) is 0 Å². The molecule has 0 N–H and O–H groups in total. The third-order valence-corrected chi connectivity index (χ3v) is 7.23. The van der Waals surface area contributed by atoms with Crippen molar-refractivity contribution in [2.24, 2.45) is 10.8 Å². The fraction of sp³-hybridized carbons (Fsp3) is 1.00. The first-order valence-electron chi connectivity index (χ1n) is 7.00. The molecule has 0 saturated heterocycles. The second-order valence-corrected chi connectivity index (χ2v) is 7.76. The summed E-state index contributed by atoms with van der Waals surface area (Å²) in [5, 5.41) is 0. The minimum Gasteiger partial charge on any atom is -0.100 e. The van der Waals surface area contributed by atoms with E-state index in [2.05, 4.69) is 0 Å². The maximum Gasteiger partial charge on any atom is 0.129 e. The molecule has 0 aromatic heterocycles. The summed E-state index contributed by atoms with van der Waals surface area (Å²) in [4.78, 5) is 0. The van der Waals surface area contributed by atoms with Crippen molar-refractivity contribution in [2.45, 2.75) is 75.0 Å². The topological polar surface area (TPSA) is 0 Å². The van der Waals surface area contributed by atoms with E-state index in [1.807, 2.05) is 0 Å². The van der Waals surface area contributed by atoms with Gasteiger partial charge in [0.15, 0.2) is 0 Å². The van der Waals surface area contributed by atoms with Gasteiger partial charge in [-0.25, -0.2) is 0 Å². The Morgan fingerprint density at radius 3 is 1.25 bits per heavy atom. The van der Waals surface area contributed by atoms with Crippen molar-refractivity contribution >= 4 is 23.2 Å². The van der Waals surface area contributed by atoms with Gasteiger partial charge in [-0.15, -0.1) is 23.2 Å². The van der Waals surface area contributed by atoms with Gasteiger partial charge >= 0.3 is 0 Å². The number of alkyl halides is 2. The average molecular weight is 261 g/mol. The Kier molecular flexibility index (Phi) is 2.76. The lowest BCUT2D eigenvalue weighted by molar-refractivity contribution is -0.102. The Bertz CT molecular complexity index is 244. The van der Waals surface area contributed by atoms with Crippen LogP contribution in [-0.4, -0.2) is 4.33 Å². The third-order valence-electron chi connectivity index (χ3n) is 5.63. The molecule has 0 aromatic rings. The van der Waals surface area contributed by atoms with Crippen LogP contribution in [0.2, 0.25) is 0 Å². The second-order valence-electron chi connectivity index (χ2n) is 6.43. The summed E-state index contributed by atoms with van der Waals surface area (Å²) in [6.07, 6.45) is 14.6. The molecule has 3 saturated carbocycles. The molecule has 0 amide bonds. The third kappa shape index (κ3) is 1.35. The standard InChI is InChI=1S/C14H22Cl2/c15-14(16)12(7-3-1-4-8-12)11-13(14)9-5-2-6-10-13/h1-11H2. The van der Waals surface area contributed by atoms with Gasteiger partial charge in [-0.2, -0.15) is 0 Å². The van der Waals surface area contributed by atoms with Crippen LogP contribution in [0.1, 0.15) is 70.6 Å². The van der Waals surface area contributed by atoms with Crippen molar-refractivity contribution in [1.29, 1.82) is 0 Å². The molecular weight excluding hydrogens is 239 g/mol. The Balaban J connectivity index is 1.82. The van der Waals surface area contributed by atoms with E-state index < -0.39 is 4.33 Å². The quantitative estimate of drug-likeness (QED) is 0.507. The summed E-state index contributed by atoms with van der Waals surface area (Å²) >= 11 is 13.7. The normalized spacial score (nSPS) is 34.9. The zero-order valence-corrected chi connectivity index (χ0v) is 11.5. The van der Waals surface area contributed by atoms with Gasteiger partial charge in [0.1, 0.15) is 4.33 Å². The molecule has 0 nitrogen and oxygen atoms in total. The van der Waals surface area contributed by atoms with Crippen LogP contribution in [0.3, 0.4) is 0 Å². The van der Waals surface area contributed by atoms with Crippen molar-refractivity contribution in [3.05, 3.63) is 0 Å². The molecule has 0 aliphatic heterocycles. The number of rotatable bonds is 0. The summed E-state index contributed by atoms with van der Waals surface area (Å²) in [5.74, 6) is 0. The lowest BCUT2D eigenvalue weighted by atomic mass is 9.44. The zero-order valence-electron chi connectivity index (χ0n) is 10.0. The summed E-state index contributed by atoms with van der Waals surface area (Å²) in [5.41, 5.74) is 0.595. The van der Waals surface area contributed by atoms with Crippen LogP contribution in [0, 0.1) is 10.8 Å². The zero-order chi connectivity index (χ0) is 11.3. The molecule has 0 heterocycles. The number of hydrogen-bond donors (Lipinski definition) is 0. The predicted octanol–water partition coefficient (Wildman–Crippen LogP) is 5.47. The largest absolute Gasteiger partial charge is 0.129 e. The van der Waals surface area contributed by atoms with Gasteiger partial charge in [0.25, 0.3) is 0 Å². The van der Waals surface area contributed by atoms with E-state index in [0.717, 1.165) is 0 Å². The molecule has 3 fully saturated rings. The van der Waals surface area contributed by atoms with Crippen LogP contribution in [-0.2, 0) is 0 Å². The highest BCUT2D eigenvalue weighted by atomic mass is 35.5. The summed E-state index contributed by atoms with van der Waals surface area (Å²) < 4.78 is -0.402. The fourth-order valence-corrected chi connectivity index (χ4v) is 5.79. The smallest absolute Gasteiger partial charge is 0.100 e. The first kappa shape index (κ1) is 11.7. The van der Waals surface area contributed by atoms with E-state index in [-0.39, 0.29) is 0 Å². The van der Waals surface area contributed by atoms with Crippen molar-refractivity contribution in [2.75, 3.05) is 0 Å². The van der Waals surface area contributed by atoms with Gasteiger partial charge in [0.2, 0.25) is 0 Å². The molecule has 92 valence electrons.